The fourth-order valence-corrected chi connectivity index (χ4v) is 4.26. The number of carbonyl (C=O) groups is 1. The fourth-order valence-electron chi connectivity index (χ4n) is 3.04. The molecule has 0 bridgehead atoms. The summed E-state index contributed by atoms with van der Waals surface area (Å²) in [7, 11) is -0.767. The van der Waals surface area contributed by atoms with Gasteiger partial charge < -0.3 is 10.1 Å². The first-order valence-corrected chi connectivity index (χ1v) is 10.8. The van der Waals surface area contributed by atoms with E-state index >= 15 is 0 Å². The van der Waals surface area contributed by atoms with Crippen molar-refractivity contribution in [3.05, 3.63) is 89.5 Å². The predicted molar refractivity (Wildman–Crippen MR) is 118 cm³/mol. The number of benzene rings is 3. The molecule has 156 valence electrons. The summed E-state index contributed by atoms with van der Waals surface area (Å²) in [5.41, 5.74) is 3.04. The van der Waals surface area contributed by atoms with Gasteiger partial charge in [0.25, 0.3) is 15.9 Å². The van der Waals surface area contributed by atoms with Crippen molar-refractivity contribution in [1.29, 1.82) is 0 Å². The van der Waals surface area contributed by atoms with E-state index in [-0.39, 0.29) is 10.5 Å². The number of amides is 1. The smallest absolute Gasteiger partial charge is 0.264 e. The zero-order valence-corrected chi connectivity index (χ0v) is 17.9. The van der Waals surface area contributed by atoms with Crippen LogP contribution in [0.25, 0.3) is 0 Å². The molecule has 0 unspecified atom stereocenters. The van der Waals surface area contributed by atoms with Gasteiger partial charge in [0.2, 0.25) is 0 Å². The van der Waals surface area contributed by atoms with Gasteiger partial charge in [0.05, 0.1) is 22.8 Å². The van der Waals surface area contributed by atoms with Crippen LogP contribution in [0.5, 0.6) is 0 Å². The number of rotatable bonds is 7. The second kappa shape index (κ2) is 9.11. The van der Waals surface area contributed by atoms with Crippen LogP contribution in [0.1, 0.15) is 21.5 Å². The molecule has 0 heterocycles. The largest absolute Gasteiger partial charge is 0.380 e. The summed E-state index contributed by atoms with van der Waals surface area (Å²) in [6, 6.07) is 20.5. The maximum absolute atomic E-state index is 13.1. The number of hydrogen-bond donors (Lipinski definition) is 1. The number of anilines is 2. The van der Waals surface area contributed by atoms with Crippen LogP contribution in [0.3, 0.4) is 0 Å². The molecule has 1 N–H and O–H groups in total. The van der Waals surface area contributed by atoms with Crippen molar-refractivity contribution in [1.82, 2.24) is 0 Å². The molecule has 3 rings (SSSR count). The van der Waals surface area contributed by atoms with Crippen LogP contribution in [0.4, 0.5) is 11.4 Å². The standard InChI is InChI=1S/C23H24N2O4S/c1-17-11-13-20(14-12-17)30(27,28)25(2)22-10-5-4-9-21(22)23(26)24-19-8-6-7-18(15-19)16-29-3/h4-15H,16H2,1-3H3,(H,24,26). The summed E-state index contributed by atoms with van der Waals surface area (Å²) < 4.78 is 32.4. The van der Waals surface area contributed by atoms with E-state index in [1.807, 2.05) is 25.1 Å². The number of nitrogens with zero attached hydrogens (tertiary/aromatic N) is 1. The highest BCUT2D eigenvalue weighted by molar-refractivity contribution is 7.92. The zero-order chi connectivity index (χ0) is 21.7. The van der Waals surface area contributed by atoms with Gasteiger partial charge in [-0.1, -0.05) is 42.0 Å². The van der Waals surface area contributed by atoms with Crippen molar-refractivity contribution in [2.75, 3.05) is 23.8 Å². The normalized spacial score (nSPS) is 11.2. The molecule has 0 saturated heterocycles. The lowest BCUT2D eigenvalue weighted by Gasteiger charge is -2.22. The number of nitrogens with one attached hydrogen (secondary N) is 1. The molecule has 1 amide bonds. The monoisotopic (exact) mass is 424 g/mol. The number of hydrogen-bond acceptors (Lipinski definition) is 4. The van der Waals surface area contributed by atoms with E-state index in [1.165, 1.54) is 7.05 Å². The van der Waals surface area contributed by atoms with E-state index in [2.05, 4.69) is 5.32 Å². The first kappa shape index (κ1) is 21.5. The third-order valence-electron chi connectivity index (χ3n) is 4.66. The molecular formula is C23H24N2O4S. The van der Waals surface area contributed by atoms with Crippen LogP contribution < -0.4 is 9.62 Å². The van der Waals surface area contributed by atoms with Gasteiger partial charge in [-0.05, 0) is 48.9 Å². The van der Waals surface area contributed by atoms with Crippen LogP contribution in [0, 0.1) is 6.92 Å². The van der Waals surface area contributed by atoms with Crippen molar-refractivity contribution < 1.29 is 17.9 Å². The molecule has 0 radical (unpaired) electrons. The molecule has 7 heteroatoms. The highest BCUT2D eigenvalue weighted by Crippen LogP contribution is 2.26. The van der Waals surface area contributed by atoms with Crippen LogP contribution in [-0.4, -0.2) is 28.5 Å². The first-order valence-electron chi connectivity index (χ1n) is 9.37. The number of para-hydroxylation sites is 1. The van der Waals surface area contributed by atoms with E-state index < -0.39 is 15.9 Å². The molecule has 30 heavy (non-hydrogen) atoms. The first-order chi connectivity index (χ1) is 14.3. The molecule has 3 aromatic carbocycles. The summed E-state index contributed by atoms with van der Waals surface area (Å²) in [5.74, 6) is -0.397. The van der Waals surface area contributed by atoms with Crippen LogP contribution in [0.15, 0.2) is 77.7 Å². The molecule has 0 aliphatic carbocycles. The zero-order valence-electron chi connectivity index (χ0n) is 17.1. The Bertz CT molecular complexity index is 1140. The Kier molecular flexibility index (Phi) is 6.54. The van der Waals surface area contributed by atoms with Crippen LogP contribution in [0.2, 0.25) is 0 Å². The van der Waals surface area contributed by atoms with Gasteiger partial charge in [-0.25, -0.2) is 8.42 Å². The van der Waals surface area contributed by atoms with Gasteiger partial charge >= 0.3 is 0 Å². The molecule has 0 spiro atoms. The Morgan fingerprint density at radius 3 is 2.40 bits per heavy atom. The topological polar surface area (TPSA) is 75.7 Å². The number of aryl methyl sites for hydroxylation is 1. The van der Waals surface area contributed by atoms with Gasteiger partial charge in [-0.3, -0.25) is 9.10 Å². The summed E-state index contributed by atoms with van der Waals surface area (Å²) in [6.07, 6.45) is 0. The molecule has 0 aliphatic heterocycles. The van der Waals surface area contributed by atoms with Gasteiger partial charge in [0.15, 0.2) is 0 Å². The maximum Gasteiger partial charge on any atom is 0.264 e. The van der Waals surface area contributed by atoms with Gasteiger partial charge in [0, 0.05) is 19.8 Å². The van der Waals surface area contributed by atoms with E-state index in [1.54, 1.807) is 61.7 Å². The molecule has 0 aromatic heterocycles. The van der Waals surface area contributed by atoms with E-state index in [0.717, 1.165) is 15.4 Å². The fraction of sp³-hybridized carbons (Fsp3) is 0.174. The van der Waals surface area contributed by atoms with Crippen molar-refractivity contribution in [2.45, 2.75) is 18.4 Å². The Morgan fingerprint density at radius 2 is 1.70 bits per heavy atom. The maximum atomic E-state index is 13.1. The second-order valence-electron chi connectivity index (χ2n) is 6.89. The lowest BCUT2D eigenvalue weighted by atomic mass is 10.1. The average molecular weight is 425 g/mol. The van der Waals surface area contributed by atoms with Crippen molar-refractivity contribution >= 4 is 27.3 Å². The third kappa shape index (κ3) is 4.69. The van der Waals surface area contributed by atoms with Crippen molar-refractivity contribution in [3.8, 4) is 0 Å². The molecule has 3 aromatic rings. The lowest BCUT2D eigenvalue weighted by Crippen LogP contribution is -2.29. The predicted octanol–water partition coefficient (Wildman–Crippen LogP) is 4.22. The summed E-state index contributed by atoms with van der Waals surface area (Å²) in [4.78, 5) is 13.1. The number of ether oxygens (including phenoxy) is 1. The van der Waals surface area contributed by atoms with Crippen LogP contribution in [-0.2, 0) is 21.4 Å². The molecule has 0 fully saturated rings. The van der Waals surface area contributed by atoms with E-state index in [9.17, 15) is 13.2 Å². The van der Waals surface area contributed by atoms with Gasteiger partial charge in [-0.15, -0.1) is 0 Å². The molecular weight excluding hydrogens is 400 g/mol. The Labute approximate surface area is 177 Å². The lowest BCUT2D eigenvalue weighted by molar-refractivity contribution is 0.102. The number of methoxy groups -OCH3 is 1. The van der Waals surface area contributed by atoms with Crippen molar-refractivity contribution in [3.63, 3.8) is 0 Å². The van der Waals surface area contributed by atoms with E-state index in [4.69, 9.17) is 4.74 Å². The van der Waals surface area contributed by atoms with Crippen LogP contribution >= 0.6 is 0 Å². The summed E-state index contributed by atoms with van der Waals surface area (Å²) in [6.45, 7) is 2.32. The number of carbonyl (C=O) groups excluding carboxylic acids is 1. The average Bonchev–Trinajstić information content (AvgIpc) is 2.74. The number of sulfonamides is 1. The minimum absolute atomic E-state index is 0.165. The SMILES string of the molecule is COCc1cccc(NC(=O)c2ccccc2N(C)S(=O)(=O)c2ccc(C)cc2)c1. The molecule has 6 nitrogen and oxygen atoms in total. The highest BCUT2D eigenvalue weighted by atomic mass is 32.2. The minimum Gasteiger partial charge on any atom is -0.380 e. The highest BCUT2D eigenvalue weighted by Gasteiger charge is 2.25. The summed E-state index contributed by atoms with van der Waals surface area (Å²) >= 11 is 0. The molecule has 0 atom stereocenters. The van der Waals surface area contributed by atoms with Gasteiger partial charge in [-0.2, -0.15) is 0 Å². The Hall–Kier alpha value is -3.16. The third-order valence-corrected chi connectivity index (χ3v) is 6.45. The van der Waals surface area contributed by atoms with E-state index in [0.29, 0.717) is 18.0 Å². The molecule has 0 saturated carbocycles. The Balaban J connectivity index is 1.91. The Morgan fingerprint density at radius 1 is 1.00 bits per heavy atom. The quantitative estimate of drug-likeness (QED) is 0.616. The summed E-state index contributed by atoms with van der Waals surface area (Å²) in [5, 5.41) is 2.83. The van der Waals surface area contributed by atoms with Gasteiger partial charge in [0.1, 0.15) is 0 Å². The molecule has 0 aliphatic rings. The second-order valence-corrected chi connectivity index (χ2v) is 8.86. The minimum atomic E-state index is -3.81. The van der Waals surface area contributed by atoms with Crippen molar-refractivity contribution in [2.24, 2.45) is 0 Å².